The fourth-order valence-electron chi connectivity index (χ4n) is 2.46. The molecule has 1 unspecified atom stereocenters. The van der Waals surface area contributed by atoms with Crippen molar-refractivity contribution in [2.75, 3.05) is 38.7 Å². The molecule has 1 fully saturated rings. The first-order valence-electron chi connectivity index (χ1n) is 6.87. The van der Waals surface area contributed by atoms with E-state index in [4.69, 9.17) is 0 Å². The van der Waals surface area contributed by atoms with E-state index in [9.17, 15) is 4.79 Å². The highest BCUT2D eigenvalue weighted by Crippen LogP contribution is 2.23. The molecule has 1 aliphatic heterocycles. The van der Waals surface area contributed by atoms with Gasteiger partial charge in [0.05, 0.1) is 11.6 Å². The molecule has 0 bridgehead atoms. The van der Waals surface area contributed by atoms with Crippen molar-refractivity contribution < 1.29 is 4.79 Å². The van der Waals surface area contributed by atoms with E-state index in [1.807, 2.05) is 36.0 Å². The van der Waals surface area contributed by atoms with Gasteiger partial charge in [0.2, 0.25) is 0 Å². The molecule has 0 saturated carbocycles. The first kappa shape index (κ1) is 15.9. The highest BCUT2D eigenvalue weighted by atomic mass is 79.9. The summed E-state index contributed by atoms with van der Waals surface area (Å²) in [5.41, 5.74) is 0.767. The maximum atomic E-state index is 12.8. The molecule has 1 aliphatic rings. The molecule has 1 amide bonds. The van der Waals surface area contributed by atoms with E-state index in [-0.39, 0.29) is 11.9 Å². The number of rotatable bonds is 3. The summed E-state index contributed by atoms with van der Waals surface area (Å²) in [5.74, 6) is 2.31. The van der Waals surface area contributed by atoms with Crippen molar-refractivity contribution in [1.29, 1.82) is 0 Å². The Bertz CT molecular complexity index is 467. The number of likely N-dealkylation sites (N-methyl/N-ethyl adjacent to an activating group) is 1. The second-order valence-electron chi connectivity index (χ2n) is 5.32. The van der Waals surface area contributed by atoms with E-state index in [1.165, 1.54) is 0 Å². The van der Waals surface area contributed by atoms with Crippen LogP contribution in [0, 0.1) is 0 Å². The largest absolute Gasteiger partial charge is 0.333 e. The predicted molar refractivity (Wildman–Crippen MR) is 89.5 cm³/mol. The number of amides is 1. The van der Waals surface area contributed by atoms with E-state index in [0.717, 1.165) is 41.1 Å². The van der Waals surface area contributed by atoms with Gasteiger partial charge in [0.15, 0.2) is 0 Å². The van der Waals surface area contributed by atoms with Crippen molar-refractivity contribution in [3.63, 3.8) is 0 Å². The molecule has 1 aromatic rings. The van der Waals surface area contributed by atoms with Gasteiger partial charge in [-0.1, -0.05) is 12.1 Å². The number of halogens is 1. The second kappa shape index (κ2) is 7.48. The van der Waals surface area contributed by atoms with Crippen molar-refractivity contribution in [3.8, 4) is 0 Å². The summed E-state index contributed by atoms with van der Waals surface area (Å²) >= 11 is 5.44. The van der Waals surface area contributed by atoms with Crippen LogP contribution in [0.3, 0.4) is 0 Å². The molecule has 20 heavy (non-hydrogen) atoms. The second-order valence-corrected chi connectivity index (χ2v) is 7.33. The summed E-state index contributed by atoms with van der Waals surface area (Å²) in [5, 5.41) is 0. The zero-order valence-electron chi connectivity index (χ0n) is 12.0. The van der Waals surface area contributed by atoms with Gasteiger partial charge in [-0.3, -0.25) is 4.79 Å². The monoisotopic (exact) mass is 356 g/mol. The molecule has 0 N–H and O–H groups in total. The van der Waals surface area contributed by atoms with Gasteiger partial charge >= 0.3 is 0 Å². The number of carbonyl (C=O) groups is 1. The molecule has 2 rings (SSSR count). The van der Waals surface area contributed by atoms with E-state index in [2.05, 4.69) is 39.8 Å². The van der Waals surface area contributed by atoms with Gasteiger partial charge in [0.25, 0.3) is 5.91 Å². The van der Waals surface area contributed by atoms with E-state index >= 15 is 0 Å². The molecule has 0 spiro atoms. The van der Waals surface area contributed by atoms with E-state index < -0.39 is 0 Å². The lowest BCUT2D eigenvalue weighted by Crippen LogP contribution is -2.46. The van der Waals surface area contributed by atoms with Gasteiger partial charge in [-0.05, 0) is 54.3 Å². The van der Waals surface area contributed by atoms with Gasteiger partial charge in [0, 0.05) is 23.3 Å². The first-order chi connectivity index (χ1) is 9.59. The van der Waals surface area contributed by atoms with Gasteiger partial charge in [-0.15, -0.1) is 0 Å². The van der Waals surface area contributed by atoms with Crippen molar-refractivity contribution in [2.45, 2.75) is 12.5 Å². The third-order valence-corrected chi connectivity index (χ3v) is 5.27. The summed E-state index contributed by atoms with van der Waals surface area (Å²) in [6, 6.07) is 7.98. The SMILES string of the molecule is CN(C)CC1CSCCCN1C(=O)c1ccccc1Br. The van der Waals surface area contributed by atoms with Crippen molar-refractivity contribution >= 4 is 33.6 Å². The minimum absolute atomic E-state index is 0.145. The van der Waals surface area contributed by atoms with Crippen LogP contribution in [-0.2, 0) is 0 Å². The van der Waals surface area contributed by atoms with Crippen molar-refractivity contribution in [1.82, 2.24) is 9.80 Å². The minimum Gasteiger partial charge on any atom is -0.333 e. The number of thioether (sulfide) groups is 1. The topological polar surface area (TPSA) is 23.6 Å². The minimum atomic E-state index is 0.145. The lowest BCUT2D eigenvalue weighted by molar-refractivity contribution is 0.0674. The van der Waals surface area contributed by atoms with Gasteiger partial charge in [-0.25, -0.2) is 0 Å². The van der Waals surface area contributed by atoms with Crippen LogP contribution in [0.15, 0.2) is 28.7 Å². The average Bonchev–Trinajstić information content (AvgIpc) is 2.63. The molecule has 0 aliphatic carbocycles. The Morgan fingerprint density at radius 2 is 2.20 bits per heavy atom. The Hall–Kier alpha value is -0.520. The zero-order chi connectivity index (χ0) is 14.5. The lowest BCUT2D eigenvalue weighted by atomic mass is 10.1. The zero-order valence-corrected chi connectivity index (χ0v) is 14.4. The number of carbonyl (C=O) groups excluding carboxylic acids is 1. The standard InChI is InChI=1S/C15H21BrN2OS/c1-17(2)10-12-11-20-9-5-8-18(12)15(19)13-6-3-4-7-14(13)16/h3-4,6-7,12H,5,8-11H2,1-2H3. The maximum Gasteiger partial charge on any atom is 0.255 e. The Balaban J connectivity index is 2.21. The van der Waals surface area contributed by atoms with Crippen LogP contribution in [0.1, 0.15) is 16.8 Å². The summed E-state index contributed by atoms with van der Waals surface area (Å²) in [4.78, 5) is 17.1. The quantitative estimate of drug-likeness (QED) is 0.831. The molecule has 1 atom stereocenters. The van der Waals surface area contributed by atoms with Crippen LogP contribution in [0.5, 0.6) is 0 Å². The number of hydrogen-bond acceptors (Lipinski definition) is 3. The highest BCUT2D eigenvalue weighted by molar-refractivity contribution is 9.10. The molecular weight excluding hydrogens is 336 g/mol. The maximum absolute atomic E-state index is 12.8. The van der Waals surface area contributed by atoms with E-state index in [1.54, 1.807) is 0 Å². The predicted octanol–water partition coefficient (Wildman–Crippen LogP) is 2.96. The van der Waals surface area contributed by atoms with E-state index in [0.29, 0.717) is 0 Å². The normalized spacial score (nSPS) is 20.0. The summed E-state index contributed by atoms with van der Waals surface area (Å²) in [6.45, 7) is 1.77. The van der Waals surface area contributed by atoms with Gasteiger partial charge in [-0.2, -0.15) is 11.8 Å². The molecule has 0 aromatic heterocycles. The Labute approximate surface area is 133 Å². The highest BCUT2D eigenvalue weighted by Gasteiger charge is 2.27. The third kappa shape index (κ3) is 3.99. The van der Waals surface area contributed by atoms with Crippen molar-refractivity contribution in [2.24, 2.45) is 0 Å². The van der Waals surface area contributed by atoms with Gasteiger partial charge in [0.1, 0.15) is 0 Å². The fourth-order valence-corrected chi connectivity index (χ4v) is 3.97. The summed E-state index contributed by atoms with van der Waals surface area (Å²) in [7, 11) is 4.13. The number of benzene rings is 1. The number of hydrogen-bond donors (Lipinski definition) is 0. The first-order valence-corrected chi connectivity index (χ1v) is 8.82. The number of nitrogens with zero attached hydrogens (tertiary/aromatic N) is 2. The molecule has 0 radical (unpaired) electrons. The van der Waals surface area contributed by atoms with Crippen LogP contribution in [0.4, 0.5) is 0 Å². The van der Waals surface area contributed by atoms with Crippen LogP contribution in [0.2, 0.25) is 0 Å². The lowest BCUT2D eigenvalue weighted by Gasteiger charge is -2.32. The van der Waals surface area contributed by atoms with Crippen LogP contribution < -0.4 is 0 Å². The van der Waals surface area contributed by atoms with Crippen molar-refractivity contribution in [3.05, 3.63) is 34.3 Å². The average molecular weight is 357 g/mol. The third-order valence-electron chi connectivity index (χ3n) is 3.38. The Morgan fingerprint density at radius 1 is 1.45 bits per heavy atom. The molecule has 1 saturated heterocycles. The fraction of sp³-hybridized carbons (Fsp3) is 0.533. The summed E-state index contributed by atoms with van der Waals surface area (Å²) < 4.78 is 0.880. The Kier molecular flexibility index (Phi) is 5.93. The molecular formula is C15H21BrN2OS. The van der Waals surface area contributed by atoms with Crippen LogP contribution in [-0.4, -0.2) is 60.4 Å². The summed E-state index contributed by atoms with van der Waals surface area (Å²) in [6.07, 6.45) is 1.07. The molecule has 1 aromatic carbocycles. The smallest absolute Gasteiger partial charge is 0.255 e. The molecule has 3 nitrogen and oxygen atoms in total. The van der Waals surface area contributed by atoms with Gasteiger partial charge < -0.3 is 9.80 Å². The molecule has 5 heteroatoms. The Morgan fingerprint density at radius 3 is 2.90 bits per heavy atom. The molecule has 1 heterocycles. The van der Waals surface area contributed by atoms with Crippen LogP contribution in [0.25, 0.3) is 0 Å². The van der Waals surface area contributed by atoms with Crippen LogP contribution >= 0.6 is 27.7 Å². The molecule has 110 valence electrons.